The van der Waals surface area contributed by atoms with Gasteiger partial charge in [-0.05, 0) is 12.8 Å². The molecule has 5 nitrogen and oxygen atoms in total. The Morgan fingerprint density at radius 1 is 1.41 bits per heavy atom. The van der Waals surface area contributed by atoms with Crippen molar-refractivity contribution in [2.24, 2.45) is 0 Å². The van der Waals surface area contributed by atoms with E-state index in [1.165, 1.54) is 18.5 Å². The van der Waals surface area contributed by atoms with Crippen molar-refractivity contribution >= 4 is 0 Å². The first kappa shape index (κ1) is 12.5. The molecule has 0 aromatic carbocycles. The van der Waals surface area contributed by atoms with Crippen LogP contribution < -0.4 is 5.32 Å². The lowest BCUT2D eigenvalue weighted by Crippen LogP contribution is -2.21. The number of hydrogen-bond donors (Lipinski definition) is 1. The van der Waals surface area contributed by atoms with Crippen molar-refractivity contribution in [2.45, 2.75) is 25.4 Å². The Balaban J connectivity index is 1.56. The average Bonchev–Trinajstić information content (AvgIpc) is 3.08. The van der Waals surface area contributed by atoms with Gasteiger partial charge in [0.2, 0.25) is 0 Å². The maximum absolute atomic E-state index is 5.37. The van der Waals surface area contributed by atoms with Gasteiger partial charge < -0.3 is 19.4 Å². The normalized spacial score (nSPS) is 15.4. The third kappa shape index (κ3) is 4.11. The van der Waals surface area contributed by atoms with Crippen LogP contribution in [0.4, 0.5) is 0 Å². The second-order valence-electron chi connectivity index (χ2n) is 4.31. The molecule has 1 N–H and O–H groups in total. The molecule has 1 fully saturated rings. The van der Waals surface area contributed by atoms with E-state index in [4.69, 9.17) is 9.47 Å². The molecule has 0 saturated heterocycles. The summed E-state index contributed by atoms with van der Waals surface area (Å²) in [6.45, 7) is 3.78. The second kappa shape index (κ2) is 6.74. The van der Waals surface area contributed by atoms with Crippen molar-refractivity contribution in [3.8, 4) is 0 Å². The lowest BCUT2D eigenvalue weighted by Gasteiger charge is -2.08. The zero-order chi connectivity index (χ0) is 11.9. The van der Waals surface area contributed by atoms with E-state index in [1.54, 1.807) is 7.11 Å². The zero-order valence-electron chi connectivity index (χ0n) is 10.4. The molecule has 0 amide bonds. The lowest BCUT2D eigenvalue weighted by molar-refractivity contribution is 0.0718. The first-order chi connectivity index (χ1) is 8.42. The summed E-state index contributed by atoms with van der Waals surface area (Å²) in [5.74, 6) is 0. The number of aromatic nitrogens is 2. The van der Waals surface area contributed by atoms with Crippen LogP contribution in [0.15, 0.2) is 12.5 Å². The maximum atomic E-state index is 5.37. The topological polar surface area (TPSA) is 48.3 Å². The number of methoxy groups -OCH3 is 1. The summed E-state index contributed by atoms with van der Waals surface area (Å²) in [4.78, 5) is 4.20. The fourth-order valence-electron chi connectivity index (χ4n) is 1.76. The zero-order valence-corrected chi connectivity index (χ0v) is 10.4. The fraction of sp³-hybridized carbons (Fsp3) is 0.750. The molecule has 0 atom stereocenters. The molecule has 1 heterocycles. The van der Waals surface area contributed by atoms with Crippen molar-refractivity contribution < 1.29 is 9.47 Å². The Bertz CT molecular complexity index is 323. The van der Waals surface area contributed by atoms with Gasteiger partial charge >= 0.3 is 0 Å². The van der Waals surface area contributed by atoms with E-state index >= 15 is 0 Å². The van der Waals surface area contributed by atoms with E-state index in [9.17, 15) is 0 Å². The van der Waals surface area contributed by atoms with E-state index in [-0.39, 0.29) is 0 Å². The monoisotopic (exact) mass is 239 g/mol. The highest BCUT2D eigenvalue weighted by molar-refractivity contribution is 5.03. The summed E-state index contributed by atoms with van der Waals surface area (Å²) in [6.07, 6.45) is 6.47. The molecule has 1 aliphatic carbocycles. The smallest absolute Gasteiger partial charge is 0.0951 e. The number of nitrogens with zero attached hydrogens (tertiary/aromatic N) is 2. The van der Waals surface area contributed by atoms with Crippen LogP contribution in [0.1, 0.15) is 24.6 Å². The minimum atomic E-state index is 0.661. The van der Waals surface area contributed by atoms with Crippen molar-refractivity contribution in [3.63, 3.8) is 0 Å². The molecule has 0 bridgehead atoms. The third-order valence-electron chi connectivity index (χ3n) is 2.85. The Kier molecular flexibility index (Phi) is 4.97. The van der Waals surface area contributed by atoms with E-state index < -0.39 is 0 Å². The Morgan fingerprint density at radius 3 is 3.06 bits per heavy atom. The van der Waals surface area contributed by atoms with Crippen LogP contribution in [0.2, 0.25) is 0 Å². The second-order valence-corrected chi connectivity index (χ2v) is 4.31. The first-order valence-corrected chi connectivity index (χ1v) is 6.20. The number of rotatable bonds is 9. The summed E-state index contributed by atoms with van der Waals surface area (Å²) < 4.78 is 12.5. The summed E-state index contributed by atoms with van der Waals surface area (Å²) in [5, 5.41) is 3.36. The third-order valence-corrected chi connectivity index (χ3v) is 2.85. The molecular weight excluding hydrogens is 218 g/mol. The average molecular weight is 239 g/mol. The molecule has 1 aromatic heterocycles. The van der Waals surface area contributed by atoms with Crippen LogP contribution >= 0.6 is 0 Å². The summed E-state index contributed by atoms with van der Waals surface area (Å²) in [6, 6.07) is 0.701. The van der Waals surface area contributed by atoms with Gasteiger partial charge in [-0.1, -0.05) is 0 Å². The molecular formula is C12H21N3O2. The van der Waals surface area contributed by atoms with Gasteiger partial charge in [0.1, 0.15) is 0 Å². The molecule has 1 saturated carbocycles. The van der Waals surface area contributed by atoms with Gasteiger partial charge in [-0.2, -0.15) is 0 Å². The Morgan fingerprint density at radius 2 is 2.29 bits per heavy atom. The summed E-state index contributed by atoms with van der Waals surface area (Å²) in [5.41, 5.74) is 1.27. The Hall–Kier alpha value is -0.910. The Labute approximate surface area is 102 Å². The standard InChI is InChI=1S/C12H21N3O2/c1-16-6-7-17-5-4-13-8-12-9-14-10-15(12)11-2-3-11/h9-11,13H,2-8H2,1H3. The molecule has 0 unspecified atom stereocenters. The van der Waals surface area contributed by atoms with Gasteiger partial charge in [0.25, 0.3) is 0 Å². The van der Waals surface area contributed by atoms with E-state index in [0.717, 1.165) is 19.7 Å². The van der Waals surface area contributed by atoms with Crippen molar-refractivity contribution in [1.29, 1.82) is 0 Å². The van der Waals surface area contributed by atoms with Crippen LogP contribution in [-0.2, 0) is 16.0 Å². The van der Waals surface area contributed by atoms with Gasteiger partial charge in [-0.15, -0.1) is 0 Å². The largest absolute Gasteiger partial charge is 0.382 e. The van der Waals surface area contributed by atoms with Crippen LogP contribution in [0.5, 0.6) is 0 Å². The molecule has 1 aromatic rings. The van der Waals surface area contributed by atoms with E-state index in [0.29, 0.717) is 19.3 Å². The van der Waals surface area contributed by atoms with Crippen molar-refractivity contribution in [2.75, 3.05) is 33.5 Å². The van der Waals surface area contributed by atoms with Gasteiger partial charge in [-0.25, -0.2) is 4.98 Å². The quantitative estimate of drug-likeness (QED) is 0.652. The van der Waals surface area contributed by atoms with Crippen molar-refractivity contribution in [3.05, 3.63) is 18.2 Å². The van der Waals surface area contributed by atoms with Gasteiger partial charge in [0, 0.05) is 32.4 Å². The van der Waals surface area contributed by atoms with Crippen LogP contribution in [0.25, 0.3) is 0 Å². The van der Waals surface area contributed by atoms with Crippen LogP contribution in [-0.4, -0.2) is 43.0 Å². The van der Waals surface area contributed by atoms with Crippen LogP contribution in [0.3, 0.4) is 0 Å². The number of hydrogen-bond acceptors (Lipinski definition) is 4. The van der Waals surface area contributed by atoms with E-state index in [1.807, 2.05) is 12.5 Å². The lowest BCUT2D eigenvalue weighted by atomic mass is 10.4. The highest BCUT2D eigenvalue weighted by Gasteiger charge is 2.24. The molecule has 0 radical (unpaired) electrons. The molecule has 0 spiro atoms. The van der Waals surface area contributed by atoms with Crippen molar-refractivity contribution in [1.82, 2.24) is 14.9 Å². The minimum absolute atomic E-state index is 0.661. The van der Waals surface area contributed by atoms with Crippen LogP contribution in [0, 0.1) is 0 Å². The summed E-state index contributed by atoms with van der Waals surface area (Å²) >= 11 is 0. The first-order valence-electron chi connectivity index (χ1n) is 6.20. The highest BCUT2D eigenvalue weighted by atomic mass is 16.5. The number of ether oxygens (including phenoxy) is 2. The maximum Gasteiger partial charge on any atom is 0.0951 e. The predicted molar refractivity (Wildman–Crippen MR) is 64.9 cm³/mol. The molecule has 1 aliphatic rings. The van der Waals surface area contributed by atoms with Gasteiger partial charge in [0.15, 0.2) is 0 Å². The summed E-state index contributed by atoms with van der Waals surface area (Å²) in [7, 11) is 1.68. The molecule has 17 heavy (non-hydrogen) atoms. The number of nitrogens with one attached hydrogen (secondary N) is 1. The van der Waals surface area contributed by atoms with Gasteiger partial charge in [0.05, 0.1) is 31.8 Å². The van der Waals surface area contributed by atoms with Gasteiger partial charge in [-0.3, -0.25) is 0 Å². The minimum Gasteiger partial charge on any atom is -0.382 e. The van der Waals surface area contributed by atoms with E-state index in [2.05, 4.69) is 14.9 Å². The highest BCUT2D eigenvalue weighted by Crippen LogP contribution is 2.35. The molecule has 2 rings (SSSR count). The fourth-order valence-corrected chi connectivity index (χ4v) is 1.76. The number of imidazole rings is 1. The SMILES string of the molecule is COCCOCCNCc1cncn1C1CC1. The molecule has 0 aliphatic heterocycles. The predicted octanol–water partition coefficient (Wildman–Crippen LogP) is 0.971. The molecule has 5 heteroatoms. The molecule has 96 valence electrons.